The molecule has 1 N–H and O–H groups in total. The molecule has 3 rings (SSSR count). The highest BCUT2D eigenvalue weighted by molar-refractivity contribution is 7.78. The van der Waals surface area contributed by atoms with E-state index in [1.165, 1.54) is 0 Å². The van der Waals surface area contributed by atoms with Gasteiger partial charge in [0.15, 0.2) is 5.60 Å². The average molecular weight is 429 g/mol. The molecule has 0 aliphatic carbocycles. The monoisotopic (exact) mass is 428 g/mol. The predicted octanol–water partition coefficient (Wildman–Crippen LogP) is 4.10. The maximum Gasteiger partial charge on any atom is 0.343 e. The summed E-state index contributed by atoms with van der Waals surface area (Å²) in [6, 6.07) is 24.1. The number of ether oxygens (including phenoxy) is 1. The van der Waals surface area contributed by atoms with Gasteiger partial charge in [-0.1, -0.05) is 84.4 Å². The third kappa shape index (κ3) is 4.45. The largest absolute Gasteiger partial charge is 0.464 e. The average Bonchev–Trinajstić information content (AvgIpc) is 2.75. The third-order valence-electron chi connectivity index (χ3n) is 4.73. The second-order valence-corrected chi connectivity index (χ2v) is 9.92. The van der Waals surface area contributed by atoms with E-state index in [9.17, 15) is 14.5 Å². The van der Waals surface area contributed by atoms with Crippen LogP contribution in [0.4, 0.5) is 0 Å². The van der Waals surface area contributed by atoms with Crippen molar-refractivity contribution in [2.75, 3.05) is 12.8 Å². The summed E-state index contributed by atoms with van der Waals surface area (Å²) in [7, 11) is -3.38. The topological polar surface area (TPSA) is 63.6 Å². The third-order valence-corrected chi connectivity index (χ3v) is 8.15. The van der Waals surface area contributed by atoms with Crippen LogP contribution in [-0.4, -0.2) is 23.8 Å². The van der Waals surface area contributed by atoms with Crippen molar-refractivity contribution in [2.45, 2.75) is 12.5 Å². The van der Waals surface area contributed by atoms with E-state index in [1.54, 1.807) is 79.7 Å². The van der Waals surface area contributed by atoms with Crippen LogP contribution in [-0.2, 0) is 19.7 Å². The lowest BCUT2D eigenvalue weighted by molar-refractivity contribution is -0.163. The van der Waals surface area contributed by atoms with E-state index in [0.717, 1.165) is 0 Å². The number of aliphatic hydroxyl groups is 1. The van der Waals surface area contributed by atoms with Crippen molar-refractivity contribution in [3.63, 3.8) is 0 Å². The number of hydrogen-bond donors (Lipinski definition) is 1. The fraction of sp³-hybridized carbons (Fsp3) is 0.174. The molecule has 150 valence electrons. The van der Waals surface area contributed by atoms with E-state index in [1.807, 2.05) is 12.1 Å². The number of carbonyl (C=O) groups is 1. The zero-order chi connectivity index (χ0) is 20.9. The molecule has 0 fully saturated rings. The molecule has 4 nitrogen and oxygen atoms in total. The summed E-state index contributed by atoms with van der Waals surface area (Å²) in [6.07, 6.45) is -0.325. The Hall–Kier alpha value is -2.39. The van der Waals surface area contributed by atoms with Gasteiger partial charge in [0, 0.05) is 15.6 Å². The molecule has 3 aromatic carbocycles. The first-order valence-corrected chi connectivity index (χ1v) is 11.5. The van der Waals surface area contributed by atoms with Gasteiger partial charge in [0.2, 0.25) is 0 Å². The molecular weight excluding hydrogens is 407 g/mol. The molecule has 1 unspecified atom stereocenters. The second kappa shape index (κ2) is 8.96. The summed E-state index contributed by atoms with van der Waals surface area (Å²) in [4.78, 5) is 12.9. The van der Waals surface area contributed by atoms with Gasteiger partial charge in [0.1, 0.15) is 7.14 Å². The zero-order valence-electron chi connectivity index (χ0n) is 16.0. The van der Waals surface area contributed by atoms with Crippen molar-refractivity contribution in [2.24, 2.45) is 0 Å². The van der Waals surface area contributed by atoms with Crippen LogP contribution in [0.3, 0.4) is 0 Å². The molecule has 0 spiro atoms. The van der Waals surface area contributed by atoms with E-state index in [2.05, 4.69) is 0 Å². The van der Waals surface area contributed by atoms with E-state index in [0.29, 0.717) is 15.6 Å². The lowest BCUT2D eigenvalue weighted by Gasteiger charge is -2.31. The Morgan fingerprint density at radius 1 is 0.931 bits per heavy atom. The van der Waals surface area contributed by atoms with Gasteiger partial charge in [-0.15, -0.1) is 0 Å². The fourth-order valence-electron chi connectivity index (χ4n) is 3.24. The summed E-state index contributed by atoms with van der Waals surface area (Å²) in [5.74, 6) is -0.839. The van der Waals surface area contributed by atoms with Crippen LogP contribution in [0.15, 0.2) is 84.9 Å². The Bertz CT molecular complexity index is 963. The van der Waals surface area contributed by atoms with Gasteiger partial charge in [-0.25, -0.2) is 4.79 Å². The minimum Gasteiger partial charge on any atom is -0.464 e. The van der Waals surface area contributed by atoms with Crippen molar-refractivity contribution in [1.29, 1.82) is 0 Å². The molecule has 0 saturated heterocycles. The number of benzene rings is 3. The lowest BCUT2D eigenvalue weighted by atomic mass is 9.96. The zero-order valence-corrected chi connectivity index (χ0v) is 17.6. The summed E-state index contributed by atoms with van der Waals surface area (Å²) in [5.41, 5.74) is -1.81. The summed E-state index contributed by atoms with van der Waals surface area (Å²) < 4.78 is 19.6. The Labute approximate surface area is 175 Å². The molecule has 29 heavy (non-hydrogen) atoms. The lowest BCUT2D eigenvalue weighted by Crippen LogP contribution is -2.43. The summed E-state index contributed by atoms with van der Waals surface area (Å²) in [5, 5.41) is 13.1. The van der Waals surface area contributed by atoms with Crippen molar-refractivity contribution >= 4 is 35.3 Å². The first kappa shape index (κ1) is 21.3. The highest BCUT2D eigenvalue weighted by atomic mass is 35.5. The Morgan fingerprint density at radius 2 is 1.41 bits per heavy atom. The van der Waals surface area contributed by atoms with Gasteiger partial charge in [-0.3, -0.25) is 0 Å². The van der Waals surface area contributed by atoms with E-state index < -0.39 is 18.7 Å². The number of esters is 1. The molecular formula is C23H22ClO4P. The summed E-state index contributed by atoms with van der Waals surface area (Å²) in [6.45, 7) is 1.75. The van der Waals surface area contributed by atoms with Crippen LogP contribution in [0.1, 0.15) is 12.5 Å². The first-order chi connectivity index (χ1) is 13.9. The molecule has 0 heterocycles. The number of carbonyl (C=O) groups excluding carboxylic acids is 1. The second-order valence-electron chi connectivity index (χ2n) is 6.66. The van der Waals surface area contributed by atoms with Crippen LogP contribution in [0.5, 0.6) is 0 Å². The van der Waals surface area contributed by atoms with Gasteiger partial charge in [-0.2, -0.15) is 0 Å². The van der Waals surface area contributed by atoms with Crippen molar-refractivity contribution in [1.82, 2.24) is 0 Å². The molecule has 1 atom stereocenters. The maximum absolute atomic E-state index is 14.4. The molecule has 0 saturated carbocycles. The standard InChI is InChI=1S/C23H22ClO4P/c1-2-28-22(25)23(26,18-13-15-19(24)16-14-18)17-29(27,20-9-5-3-6-10-20)21-11-7-4-8-12-21/h3-16,26H,2,17H2,1H3. The van der Waals surface area contributed by atoms with Crippen LogP contribution < -0.4 is 10.6 Å². The SMILES string of the molecule is CCOC(=O)C(O)(CP(=O)(c1ccccc1)c1ccccc1)c1ccc(Cl)cc1. The fourth-order valence-corrected chi connectivity index (χ4v) is 6.29. The van der Waals surface area contributed by atoms with Crippen LogP contribution in [0.25, 0.3) is 0 Å². The van der Waals surface area contributed by atoms with Gasteiger partial charge in [0.25, 0.3) is 0 Å². The highest BCUT2D eigenvalue weighted by Gasteiger charge is 2.47. The van der Waals surface area contributed by atoms with Crippen molar-refractivity contribution in [3.8, 4) is 0 Å². The molecule has 0 bridgehead atoms. The van der Waals surface area contributed by atoms with Crippen LogP contribution in [0.2, 0.25) is 5.02 Å². The minimum absolute atomic E-state index is 0.0930. The number of halogens is 1. The van der Waals surface area contributed by atoms with Gasteiger partial charge < -0.3 is 14.4 Å². The Kier molecular flexibility index (Phi) is 6.59. The van der Waals surface area contributed by atoms with E-state index >= 15 is 0 Å². The smallest absolute Gasteiger partial charge is 0.343 e. The molecule has 6 heteroatoms. The van der Waals surface area contributed by atoms with Crippen molar-refractivity contribution in [3.05, 3.63) is 95.5 Å². The molecule has 0 amide bonds. The van der Waals surface area contributed by atoms with Gasteiger partial charge >= 0.3 is 5.97 Å². The molecule has 3 aromatic rings. The van der Waals surface area contributed by atoms with Crippen LogP contribution >= 0.6 is 18.7 Å². The molecule has 0 aliphatic heterocycles. The van der Waals surface area contributed by atoms with Crippen LogP contribution in [0, 0.1) is 0 Å². The molecule has 0 aromatic heterocycles. The van der Waals surface area contributed by atoms with E-state index in [-0.39, 0.29) is 18.3 Å². The predicted molar refractivity (Wildman–Crippen MR) is 117 cm³/mol. The van der Waals surface area contributed by atoms with Gasteiger partial charge in [-0.05, 0) is 24.6 Å². The molecule has 0 radical (unpaired) electrons. The number of hydrogen-bond acceptors (Lipinski definition) is 4. The quantitative estimate of drug-likeness (QED) is 0.454. The summed E-state index contributed by atoms with van der Waals surface area (Å²) >= 11 is 5.97. The van der Waals surface area contributed by atoms with Gasteiger partial charge in [0.05, 0.1) is 12.8 Å². The normalized spacial score (nSPS) is 13.5. The first-order valence-electron chi connectivity index (χ1n) is 9.26. The van der Waals surface area contributed by atoms with E-state index in [4.69, 9.17) is 16.3 Å². The number of rotatable bonds is 7. The Morgan fingerprint density at radius 3 is 1.86 bits per heavy atom. The molecule has 0 aliphatic rings. The minimum atomic E-state index is -3.38. The maximum atomic E-state index is 14.4. The van der Waals surface area contributed by atoms with Crippen molar-refractivity contribution < 1.29 is 19.2 Å². The highest BCUT2D eigenvalue weighted by Crippen LogP contribution is 2.49. The Balaban J connectivity index is 2.17.